The molecule has 0 radical (unpaired) electrons. The maximum absolute atomic E-state index is 10.3. The van der Waals surface area contributed by atoms with Gasteiger partial charge in [-0.15, -0.1) is 0 Å². The van der Waals surface area contributed by atoms with Gasteiger partial charge in [0.25, 0.3) is 5.69 Å². The summed E-state index contributed by atoms with van der Waals surface area (Å²) in [5.74, 6) is 0. The van der Waals surface area contributed by atoms with E-state index in [4.69, 9.17) is 11.2 Å². The number of benzene rings is 1. The van der Waals surface area contributed by atoms with Gasteiger partial charge in [-0.25, -0.2) is 0 Å². The molecule has 0 aliphatic carbocycles. The third-order valence-corrected chi connectivity index (χ3v) is 2.44. The van der Waals surface area contributed by atoms with Gasteiger partial charge in [-0.3, -0.25) is 10.1 Å². The van der Waals surface area contributed by atoms with Crippen LogP contribution in [0.25, 0.3) is 0 Å². The number of nitro groups is 1. The first-order chi connectivity index (χ1) is 5.25. The van der Waals surface area contributed by atoms with Gasteiger partial charge >= 0.3 is 0 Å². The van der Waals surface area contributed by atoms with E-state index in [0.29, 0.717) is 5.30 Å². The third kappa shape index (κ3) is 1.88. The minimum absolute atomic E-state index is 0.0478. The topological polar surface area (TPSA) is 43.1 Å². The van der Waals surface area contributed by atoms with E-state index < -0.39 is 4.92 Å². The highest BCUT2D eigenvalue weighted by Gasteiger charge is 2.09. The lowest BCUT2D eigenvalue weighted by Gasteiger charge is -1.95. The maximum Gasteiger partial charge on any atom is 0.277 e. The number of hydrogen-bond acceptors (Lipinski definition) is 2. The van der Waals surface area contributed by atoms with E-state index in [1.807, 2.05) is 0 Å². The second-order valence-corrected chi connectivity index (χ2v) is 3.16. The van der Waals surface area contributed by atoms with Crippen molar-refractivity contribution >= 4 is 30.2 Å². The summed E-state index contributed by atoms with van der Waals surface area (Å²) in [6.45, 7) is 0. The van der Waals surface area contributed by atoms with E-state index in [2.05, 4.69) is 0 Å². The van der Waals surface area contributed by atoms with Crippen LogP contribution in [0.3, 0.4) is 0 Å². The van der Waals surface area contributed by atoms with Crippen LogP contribution in [-0.2, 0) is 0 Å². The molecule has 1 aromatic carbocycles. The lowest BCUT2D eigenvalue weighted by atomic mass is 10.3. The summed E-state index contributed by atoms with van der Waals surface area (Å²) in [7, 11) is -0.0478. The highest BCUT2D eigenvalue weighted by atomic mass is 35.7. The van der Waals surface area contributed by atoms with E-state index in [-0.39, 0.29) is 13.6 Å². The SMILES string of the molecule is O=[N+]([O-])c1ccccc1PCl. The lowest BCUT2D eigenvalue weighted by Crippen LogP contribution is -2.01. The highest BCUT2D eigenvalue weighted by molar-refractivity contribution is 7.75. The van der Waals surface area contributed by atoms with E-state index in [1.165, 1.54) is 6.07 Å². The van der Waals surface area contributed by atoms with E-state index in [1.54, 1.807) is 18.2 Å². The minimum Gasteiger partial charge on any atom is -0.258 e. The number of halogens is 1. The van der Waals surface area contributed by atoms with E-state index in [0.717, 1.165) is 0 Å². The van der Waals surface area contributed by atoms with Gasteiger partial charge in [-0.1, -0.05) is 23.4 Å². The van der Waals surface area contributed by atoms with Crippen LogP contribution in [0.1, 0.15) is 0 Å². The number of nitrogens with zero attached hydrogens (tertiary/aromatic N) is 1. The molecule has 0 aromatic heterocycles. The summed E-state index contributed by atoms with van der Waals surface area (Å²) in [6, 6.07) is 6.46. The monoisotopic (exact) mass is 189 g/mol. The van der Waals surface area contributed by atoms with Gasteiger partial charge in [-0.05, 0) is 6.07 Å². The van der Waals surface area contributed by atoms with Crippen LogP contribution in [0.5, 0.6) is 0 Å². The molecule has 0 aliphatic rings. The van der Waals surface area contributed by atoms with E-state index in [9.17, 15) is 10.1 Å². The molecule has 0 aliphatic heterocycles. The molecule has 1 rings (SSSR count). The minimum atomic E-state index is -0.426. The molecule has 1 unspecified atom stereocenters. The van der Waals surface area contributed by atoms with Gasteiger partial charge in [-0.2, -0.15) is 0 Å². The van der Waals surface area contributed by atoms with Crippen molar-refractivity contribution in [2.24, 2.45) is 0 Å². The molecule has 0 amide bonds. The lowest BCUT2D eigenvalue weighted by molar-refractivity contribution is -0.383. The molecule has 0 fully saturated rings. The maximum atomic E-state index is 10.3. The molecule has 0 bridgehead atoms. The fourth-order valence-corrected chi connectivity index (χ4v) is 1.62. The molecule has 0 heterocycles. The van der Waals surface area contributed by atoms with Gasteiger partial charge in [0.1, 0.15) is 0 Å². The van der Waals surface area contributed by atoms with Gasteiger partial charge < -0.3 is 0 Å². The average molecular weight is 190 g/mol. The quantitative estimate of drug-likeness (QED) is 0.406. The number of rotatable bonds is 2. The van der Waals surface area contributed by atoms with Crippen molar-refractivity contribution in [2.75, 3.05) is 0 Å². The predicted molar refractivity (Wildman–Crippen MR) is 46.9 cm³/mol. The molecule has 0 spiro atoms. The molecule has 0 N–H and O–H groups in total. The van der Waals surface area contributed by atoms with Crippen LogP contribution in [0.15, 0.2) is 24.3 Å². The Balaban J connectivity index is 3.12. The van der Waals surface area contributed by atoms with Crippen molar-refractivity contribution in [3.8, 4) is 0 Å². The van der Waals surface area contributed by atoms with Crippen molar-refractivity contribution in [1.29, 1.82) is 0 Å². The first-order valence-corrected chi connectivity index (χ1v) is 4.87. The Morgan fingerprint density at radius 1 is 1.45 bits per heavy atom. The standard InChI is InChI=1S/C6H5ClNO2P/c7-11-6-4-2-1-3-5(6)8(9)10/h1-4,11H. The molecule has 0 saturated carbocycles. The smallest absolute Gasteiger partial charge is 0.258 e. The zero-order valence-corrected chi connectivity index (χ0v) is 7.21. The highest BCUT2D eigenvalue weighted by Crippen LogP contribution is 2.22. The zero-order valence-electron chi connectivity index (χ0n) is 5.45. The van der Waals surface area contributed by atoms with Crippen molar-refractivity contribution in [1.82, 2.24) is 0 Å². The third-order valence-electron chi connectivity index (χ3n) is 1.20. The second-order valence-electron chi connectivity index (χ2n) is 1.87. The molecular formula is C6H5ClNO2P. The zero-order chi connectivity index (χ0) is 8.27. The Hall–Kier alpha value is -0.660. The first-order valence-electron chi connectivity index (χ1n) is 2.86. The predicted octanol–water partition coefficient (Wildman–Crippen LogP) is 2.05. The fraction of sp³-hybridized carbons (Fsp3) is 0. The van der Waals surface area contributed by atoms with Crippen molar-refractivity contribution in [2.45, 2.75) is 0 Å². The summed E-state index contributed by atoms with van der Waals surface area (Å²) in [4.78, 5) is 9.91. The molecule has 1 atom stereocenters. The Morgan fingerprint density at radius 3 is 2.55 bits per heavy atom. The second kappa shape index (κ2) is 3.65. The molecule has 1 aromatic rings. The number of nitro benzene ring substituents is 1. The van der Waals surface area contributed by atoms with Gasteiger partial charge in [0, 0.05) is 14.0 Å². The molecule has 0 saturated heterocycles. The van der Waals surface area contributed by atoms with Gasteiger partial charge in [0.15, 0.2) is 0 Å². The van der Waals surface area contributed by atoms with Crippen LogP contribution < -0.4 is 5.30 Å². The van der Waals surface area contributed by atoms with Crippen LogP contribution >= 0.6 is 19.2 Å². The Morgan fingerprint density at radius 2 is 2.09 bits per heavy atom. The summed E-state index contributed by atoms with van der Waals surface area (Å²) in [5.41, 5.74) is 0.0980. The Labute approximate surface area is 70.1 Å². The molecule has 11 heavy (non-hydrogen) atoms. The Kier molecular flexibility index (Phi) is 2.80. The van der Waals surface area contributed by atoms with Crippen LogP contribution in [0.4, 0.5) is 5.69 Å². The molecule has 3 nitrogen and oxygen atoms in total. The molecule has 58 valence electrons. The number of hydrogen-bond donors (Lipinski definition) is 0. The Bertz CT molecular complexity index is 279. The van der Waals surface area contributed by atoms with Crippen molar-refractivity contribution in [3.05, 3.63) is 34.4 Å². The number of para-hydroxylation sites is 1. The van der Waals surface area contributed by atoms with Crippen molar-refractivity contribution in [3.63, 3.8) is 0 Å². The normalized spacial score (nSPS) is 10.6. The summed E-state index contributed by atoms with van der Waals surface area (Å²) in [6.07, 6.45) is 0. The van der Waals surface area contributed by atoms with Gasteiger partial charge in [0.05, 0.1) is 10.2 Å². The summed E-state index contributed by atoms with van der Waals surface area (Å²) in [5, 5.41) is 10.9. The largest absolute Gasteiger partial charge is 0.277 e. The first kappa shape index (κ1) is 8.44. The molecule has 5 heteroatoms. The average Bonchev–Trinajstić information content (AvgIpc) is 2.04. The fourth-order valence-electron chi connectivity index (χ4n) is 0.713. The van der Waals surface area contributed by atoms with Crippen LogP contribution in [-0.4, -0.2) is 4.92 Å². The van der Waals surface area contributed by atoms with E-state index >= 15 is 0 Å². The van der Waals surface area contributed by atoms with Crippen molar-refractivity contribution < 1.29 is 4.92 Å². The van der Waals surface area contributed by atoms with Gasteiger partial charge in [0.2, 0.25) is 0 Å². The van der Waals surface area contributed by atoms with Crippen LogP contribution in [0.2, 0.25) is 0 Å². The summed E-state index contributed by atoms with van der Waals surface area (Å²) < 4.78 is 0. The summed E-state index contributed by atoms with van der Waals surface area (Å²) >= 11 is 5.50. The molecular weight excluding hydrogens is 184 g/mol. The van der Waals surface area contributed by atoms with Crippen LogP contribution in [0, 0.1) is 10.1 Å².